The van der Waals surface area contributed by atoms with Crippen LogP contribution >= 0.6 is 23.2 Å². The maximum atomic E-state index is 11.9. The van der Waals surface area contributed by atoms with Crippen LogP contribution in [0.5, 0.6) is 0 Å². The molecule has 0 aliphatic heterocycles. The van der Waals surface area contributed by atoms with E-state index in [0.717, 1.165) is 0 Å². The molecule has 0 aliphatic rings. The lowest BCUT2D eigenvalue weighted by molar-refractivity contribution is -0.150. The van der Waals surface area contributed by atoms with Crippen molar-refractivity contribution in [3.8, 4) is 0 Å². The second kappa shape index (κ2) is 5.01. The van der Waals surface area contributed by atoms with Crippen molar-refractivity contribution < 1.29 is 18.0 Å². The van der Waals surface area contributed by atoms with Crippen LogP contribution in [0.3, 0.4) is 0 Å². The molecule has 1 aromatic carbocycles. The van der Waals surface area contributed by atoms with Crippen LogP contribution in [0.1, 0.15) is 6.42 Å². The molecule has 3 nitrogen and oxygen atoms in total. The zero-order valence-corrected chi connectivity index (χ0v) is 9.75. The first-order valence-electron chi connectivity index (χ1n) is 4.30. The van der Waals surface area contributed by atoms with E-state index in [-0.39, 0.29) is 21.4 Å². The number of halogens is 5. The molecule has 1 aromatic rings. The smallest absolute Gasteiger partial charge is 0.397 e. The minimum absolute atomic E-state index is 0.0227. The highest BCUT2D eigenvalue weighted by Crippen LogP contribution is 2.33. The molecule has 0 saturated heterocycles. The molecule has 3 N–H and O–H groups in total. The topological polar surface area (TPSA) is 55.1 Å². The second-order valence-corrected chi connectivity index (χ2v) is 4.01. The van der Waals surface area contributed by atoms with E-state index in [0.29, 0.717) is 0 Å². The normalized spacial score (nSPS) is 11.4. The summed E-state index contributed by atoms with van der Waals surface area (Å²) >= 11 is 11.4. The standard InChI is InChI=1S/C9H7Cl2F3N2O/c10-5-1-4(15)2-6(11)8(5)16-7(17)3-9(12,13)14/h1-2H,3,15H2,(H,16,17). The quantitative estimate of drug-likeness (QED) is 0.818. The van der Waals surface area contributed by atoms with E-state index >= 15 is 0 Å². The summed E-state index contributed by atoms with van der Waals surface area (Å²) in [5.74, 6) is -1.24. The monoisotopic (exact) mass is 286 g/mol. The maximum absolute atomic E-state index is 11.9. The number of anilines is 2. The molecule has 0 spiro atoms. The number of hydrogen-bond acceptors (Lipinski definition) is 2. The van der Waals surface area contributed by atoms with Crippen LogP contribution in [0.2, 0.25) is 10.0 Å². The van der Waals surface area contributed by atoms with Crippen molar-refractivity contribution in [2.45, 2.75) is 12.6 Å². The molecule has 0 unspecified atom stereocenters. The molecule has 0 atom stereocenters. The summed E-state index contributed by atoms with van der Waals surface area (Å²) in [4.78, 5) is 11.0. The minimum Gasteiger partial charge on any atom is -0.399 e. The van der Waals surface area contributed by atoms with Crippen molar-refractivity contribution in [1.29, 1.82) is 0 Å². The molecule has 1 amide bonds. The Morgan fingerprint density at radius 3 is 2.18 bits per heavy atom. The van der Waals surface area contributed by atoms with E-state index in [1.54, 1.807) is 0 Å². The highest BCUT2D eigenvalue weighted by atomic mass is 35.5. The molecule has 0 fully saturated rings. The largest absolute Gasteiger partial charge is 0.399 e. The van der Waals surface area contributed by atoms with Crippen molar-refractivity contribution in [3.05, 3.63) is 22.2 Å². The Morgan fingerprint density at radius 1 is 1.29 bits per heavy atom. The average Bonchev–Trinajstić information content (AvgIpc) is 2.08. The van der Waals surface area contributed by atoms with Crippen LogP contribution < -0.4 is 11.1 Å². The molecular weight excluding hydrogens is 280 g/mol. The predicted molar refractivity (Wildman–Crippen MR) is 60.2 cm³/mol. The maximum Gasteiger partial charge on any atom is 0.397 e. The first-order valence-corrected chi connectivity index (χ1v) is 5.06. The van der Waals surface area contributed by atoms with Crippen molar-refractivity contribution in [3.63, 3.8) is 0 Å². The average molecular weight is 287 g/mol. The van der Waals surface area contributed by atoms with Gasteiger partial charge in [-0.05, 0) is 12.1 Å². The fraction of sp³-hybridized carbons (Fsp3) is 0.222. The van der Waals surface area contributed by atoms with Gasteiger partial charge in [-0.15, -0.1) is 0 Å². The Labute approximate surface area is 105 Å². The molecule has 8 heteroatoms. The van der Waals surface area contributed by atoms with E-state index in [4.69, 9.17) is 28.9 Å². The van der Waals surface area contributed by atoms with Gasteiger partial charge in [-0.1, -0.05) is 23.2 Å². The van der Waals surface area contributed by atoms with Gasteiger partial charge in [-0.3, -0.25) is 4.79 Å². The Hall–Kier alpha value is -1.14. The van der Waals surface area contributed by atoms with Crippen molar-refractivity contribution >= 4 is 40.5 Å². The number of hydrogen-bond donors (Lipinski definition) is 2. The first-order chi connectivity index (χ1) is 7.69. The summed E-state index contributed by atoms with van der Waals surface area (Å²) in [7, 11) is 0. The van der Waals surface area contributed by atoms with Crippen LogP contribution in [-0.2, 0) is 4.79 Å². The summed E-state index contributed by atoms with van der Waals surface area (Å²) in [6.45, 7) is 0. The number of benzene rings is 1. The number of rotatable bonds is 2. The number of alkyl halides is 3. The number of amides is 1. The molecule has 0 aromatic heterocycles. The summed E-state index contributed by atoms with van der Waals surface area (Å²) in [6, 6.07) is 2.55. The van der Waals surface area contributed by atoms with Gasteiger partial charge in [0.2, 0.25) is 5.91 Å². The van der Waals surface area contributed by atoms with Gasteiger partial charge in [0.25, 0.3) is 0 Å². The van der Waals surface area contributed by atoms with Crippen LogP contribution in [0.15, 0.2) is 12.1 Å². The van der Waals surface area contributed by atoms with Gasteiger partial charge < -0.3 is 11.1 Å². The molecule has 1 rings (SSSR count). The van der Waals surface area contributed by atoms with Gasteiger partial charge in [0.15, 0.2) is 0 Å². The van der Waals surface area contributed by atoms with Crippen LogP contribution in [0, 0.1) is 0 Å². The third-order valence-electron chi connectivity index (χ3n) is 1.69. The molecule has 0 bridgehead atoms. The third kappa shape index (κ3) is 4.32. The van der Waals surface area contributed by atoms with E-state index in [1.807, 2.05) is 5.32 Å². The summed E-state index contributed by atoms with van der Waals surface area (Å²) in [5, 5.41) is 1.94. The Balaban J connectivity index is 2.86. The van der Waals surface area contributed by atoms with E-state index < -0.39 is 18.5 Å². The highest BCUT2D eigenvalue weighted by molar-refractivity contribution is 6.40. The first kappa shape index (κ1) is 13.9. The second-order valence-electron chi connectivity index (χ2n) is 3.20. The lowest BCUT2D eigenvalue weighted by Gasteiger charge is -2.11. The number of nitrogen functional groups attached to an aromatic ring is 1. The van der Waals surface area contributed by atoms with Crippen molar-refractivity contribution in [1.82, 2.24) is 0 Å². The van der Waals surface area contributed by atoms with E-state index in [1.165, 1.54) is 12.1 Å². The van der Waals surface area contributed by atoms with Gasteiger partial charge in [0.1, 0.15) is 6.42 Å². The molecule has 17 heavy (non-hydrogen) atoms. The van der Waals surface area contributed by atoms with E-state index in [2.05, 4.69) is 0 Å². The van der Waals surface area contributed by atoms with Gasteiger partial charge in [-0.2, -0.15) is 13.2 Å². The van der Waals surface area contributed by atoms with Crippen LogP contribution in [-0.4, -0.2) is 12.1 Å². The van der Waals surface area contributed by atoms with Gasteiger partial charge in [0, 0.05) is 5.69 Å². The summed E-state index contributed by atoms with van der Waals surface area (Å²) < 4.78 is 35.8. The Morgan fingerprint density at radius 2 is 1.76 bits per heavy atom. The Bertz CT molecular complexity index is 425. The van der Waals surface area contributed by atoms with Crippen LogP contribution in [0.4, 0.5) is 24.5 Å². The SMILES string of the molecule is Nc1cc(Cl)c(NC(=O)CC(F)(F)F)c(Cl)c1. The number of carbonyl (C=O) groups excluding carboxylic acids is 1. The number of nitrogens with two attached hydrogens (primary N) is 1. The number of nitrogens with one attached hydrogen (secondary N) is 1. The molecule has 0 saturated carbocycles. The fourth-order valence-corrected chi connectivity index (χ4v) is 1.68. The van der Waals surface area contributed by atoms with Gasteiger partial charge >= 0.3 is 6.18 Å². The van der Waals surface area contributed by atoms with Crippen LogP contribution in [0.25, 0.3) is 0 Å². The highest BCUT2D eigenvalue weighted by Gasteiger charge is 2.31. The summed E-state index contributed by atoms with van der Waals surface area (Å²) in [6.07, 6.45) is -6.19. The summed E-state index contributed by atoms with van der Waals surface area (Å²) in [5.41, 5.74) is 5.56. The van der Waals surface area contributed by atoms with Crippen molar-refractivity contribution in [2.24, 2.45) is 0 Å². The molecule has 0 aliphatic carbocycles. The zero-order chi connectivity index (χ0) is 13.2. The van der Waals surface area contributed by atoms with Gasteiger partial charge in [-0.25, -0.2) is 0 Å². The molecule has 0 radical (unpaired) electrons. The van der Waals surface area contributed by atoms with Crippen molar-refractivity contribution in [2.75, 3.05) is 11.1 Å². The lowest BCUT2D eigenvalue weighted by atomic mass is 10.2. The number of carbonyl (C=O) groups is 1. The van der Waals surface area contributed by atoms with E-state index in [9.17, 15) is 18.0 Å². The Kier molecular flexibility index (Phi) is 4.11. The third-order valence-corrected chi connectivity index (χ3v) is 2.29. The molecule has 94 valence electrons. The molecular formula is C9H7Cl2F3N2O. The zero-order valence-electron chi connectivity index (χ0n) is 8.24. The minimum atomic E-state index is -4.59. The fourth-order valence-electron chi connectivity index (χ4n) is 1.08. The lowest BCUT2D eigenvalue weighted by Crippen LogP contribution is -2.21. The molecule has 0 heterocycles. The predicted octanol–water partition coefficient (Wildman–Crippen LogP) is 3.47. The van der Waals surface area contributed by atoms with Gasteiger partial charge in [0.05, 0.1) is 15.7 Å².